The number of ether oxygens (including phenoxy) is 6. The van der Waals surface area contributed by atoms with Crippen molar-refractivity contribution in [3.63, 3.8) is 0 Å². The van der Waals surface area contributed by atoms with Crippen molar-refractivity contribution in [3.05, 3.63) is 179 Å². The van der Waals surface area contributed by atoms with Crippen molar-refractivity contribution in [1.82, 2.24) is 73.1 Å². The Labute approximate surface area is 581 Å². The lowest BCUT2D eigenvalue weighted by molar-refractivity contribution is -0.141. The van der Waals surface area contributed by atoms with E-state index >= 15 is 0 Å². The summed E-state index contributed by atoms with van der Waals surface area (Å²) in [5, 5.41) is 34.3. The zero-order valence-corrected chi connectivity index (χ0v) is 53.8. The van der Waals surface area contributed by atoms with Gasteiger partial charge in [-0.15, -0.1) is 0 Å². The summed E-state index contributed by atoms with van der Waals surface area (Å²) in [4.78, 5) is 88.1. The second-order valence-corrected chi connectivity index (χ2v) is 23.1. The molecule has 30 nitrogen and oxygen atoms in total. The molecule has 0 saturated carbocycles. The molecule has 0 bridgehead atoms. The Morgan fingerprint density at radius 3 is 0.990 bits per heavy atom. The van der Waals surface area contributed by atoms with Gasteiger partial charge in [0.05, 0.1) is 74.1 Å². The number of fused-ring (bicyclic) bond motifs is 3. The molecule has 3 aliphatic rings. The van der Waals surface area contributed by atoms with E-state index in [0.717, 1.165) is 0 Å². The highest BCUT2D eigenvalue weighted by atomic mass is 35.5. The molecule has 0 aliphatic carbocycles. The fourth-order valence-corrected chi connectivity index (χ4v) is 11.4. The van der Waals surface area contributed by atoms with Gasteiger partial charge in [-0.25, -0.2) is 42.9 Å². The van der Waals surface area contributed by atoms with Crippen molar-refractivity contribution in [2.24, 2.45) is 0 Å². The molecule has 12 heterocycles. The number of nitrogens with zero attached hydrogens (tertiary/aromatic N) is 15. The van der Waals surface area contributed by atoms with Crippen LogP contribution in [-0.2, 0) is 28.6 Å². The first-order chi connectivity index (χ1) is 49.2. The number of esters is 3. The lowest BCUT2D eigenvalue weighted by Gasteiger charge is -2.11. The quantitative estimate of drug-likeness (QED) is 0.0408. The minimum Gasteiger partial charge on any atom is -0.464 e. The number of benzene rings is 3. The lowest BCUT2D eigenvalue weighted by Crippen LogP contribution is -2.15. The Balaban J connectivity index is 0.000000137. The van der Waals surface area contributed by atoms with E-state index in [2.05, 4.69) is 75.7 Å². The summed E-state index contributed by atoms with van der Waals surface area (Å²) in [6.07, 6.45) is 18.9. The van der Waals surface area contributed by atoms with Crippen LogP contribution in [0.25, 0.3) is 50.7 Å². The van der Waals surface area contributed by atoms with E-state index in [0.29, 0.717) is 36.2 Å². The third kappa shape index (κ3) is 14.6. The summed E-state index contributed by atoms with van der Waals surface area (Å²) >= 11 is 18.3. The van der Waals surface area contributed by atoms with Gasteiger partial charge in [0.15, 0.2) is 35.1 Å². The fraction of sp³-hybridized carbons (Fsp3) is 0.190. The van der Waals surface area contributed by atoms with Crippen molar-refractivity contribution in [3.8, 4) is 51.0 Å². The summed E-state index contributed by atoms with van der Waals surface area (Å²) in [6.45, 7) is -8.67. The molecule has 0 radical (unpaired) electrons. The van der Waals surface area contributed by atoms with Crippen LogP contribution in [0.15, 0.2) is 147 Å². The zero-order chi connectivity index (χ0) is 71.5. The van der Waals surface area contributed by atoms with Gasteiger partial charge in [-0.1, -0.05) is 34.8 Å². The number of rotatable bonds is 18. The van der Waals surface area contributed by atoms with Gasteiger partial charge in [-0.05, 0) is 72.8 Å². The standard InChI is InChI=1S/3C21H15ClF2N6O4/c3*22-11-2-3-16(34-21(23)24)12(8-11)17-14(10-30(28-17)15-4-7-33-20(15)32)27-19(31)13-9-26-29-6-1-5-25-18(13)29/h3*1-3,5-6,8-10,15,21H,4,7H2,(H,27,31)/t2*15-;/m10./s1. The number of cyclic esters (lactones) is 3. The predicted octanol–water partition coefficient (Wildman–Crippen LogP) is 10.8. The van der Waals surface area contributed by atoms with Gasteiger partial charge in [0.25, 0.3) is 17.7 Å². The molecule has 3 amide bonds. The van der Waals surface area contributed by atoms with Crippen molar-refractivity contribution >= 4 is 104 Å². The number of hydrogen-bond acceptors (Lipinski definition) is 21. The average molecular weight is 1470 g/mol. The lowest BCUT2D eigenvalue weighted by atomic mass is 10.1. The molecule has 3 aromatic carbocycles. The van der Waals surface area contributed by atoms with E-state index in [4.69, 9.17) is 49.0 Å². The molecule has 522 valence electrons. The molecule has 9 aromatic heterocycles. The molecule has 102 heavy (non-hydrogen) atoms. The van der Waals surface area contributed by atoms with E-state index in [9.17, 15) is 55.1 Å². The third-order valence-corrected chi connectivity index (χ3v) is 16.1. The number of hydrogen-bond donors (Lipinski definition) is 3. The second-order valence-electron chi connectivity index (χ2n) is 21.8. The van der Waals surface area contributed by atoms with Gasteiger partial charge in [-0.3, -0.25) is 28.4 Å². The Bertz CT molecular complexity index is 4720. The van der Waals surface area contributed by atoms with Crippen LogP contribution in [0.3, 0.4) is 0 Å². The van der Waals surface area contributed by atoms with Gasteiger partial charge < -0.3 is 44.4 Å². The first kappa shape index (κ1) is 68.3. The topological polar surface area (TPSA) is 338 Å². The van der Waals surface area contributed by atoms with Crippen molar-refractivity contribution < 1.29 is 83.5 Å². The van der Waals surface area contributed by atoms with Crippen LogP contribution in [0.2, 0.25) is 15.1 Å². The van der Waals surface area contributed by atoms with Crippen LogP contribution in [0, 0.1) is 0 Å². The SMILES string of the molecule is O=C(Nc1cn(C2CCOC2=O)nc1-c1cc(Cl)ccc1OC(F)F)c1cnn2cccnc12.O=C(Nc1cn([C@@H]2CCOC2=O)nc1-c1cc(Cl)ccc1OC(F)F)c1cnn2cccnc12.O=C(Nc1cn([C@H]2CCOC2=O)nc1-c1cc(Cl)ccc1OC(F)F)c1cnn2cccnc12. The second kappa shape index (κ2) is 29.3. The molecule has 3 atom stereocenters. The van der Waals surface area contributed by atoms with Crippen LogP contribution in [0.4, 0.5) is 43.4 Å². The van der Waals surface area contributed by atoms with E-state index in [1.165, 1.54) is 138 Å². The fourth-order valence-electron chi connectivity index (χ4n) is 10.9. The number of nitrogens with one attached hydrogen (secondary N) is 3. The number of carbonyl (C=O) groups is 6. The van der Waals surface area contributed by atoms with Gasteiger partial charge in [-0.2, -0.15) is 56.9 Å². The van der Waals surface area contributed by atoms with Crippen LogP contribution in [0.1, 0.15) is 68.5 Å². The molecular formula is C63H45Cl3F6N18O12. The minimum atomic E-state index is -3.10. The highest BCUT2D eigenvalue weighted by Crippen LogP contribution is 2.42. The number of halogens is 9. The summed E-state index contributed by atoms with van der Waals surface area (Å²) < 4.78 is 115. The molecule has 0 spiro atoms. The first-order valence-electron chi connectivity index (χ1n) is 30.0. The normalized spacial score (nSPS) is 15.6. The number of amides is 3. The Morgan fingerprint density at radius 2 is 0.735 bits per heavy atom. The van der Waals surface area contributed by atoms with Crippen LogP contribution >= 0.6 is 34.8 Å². The summed E-state index contributed by atoms with van der Waals surface area (Å²) in [7, 11) is 0. The first-order valence-corrected chi connectivity index (χ1v) is 31.2. The molecule has 12 aromatic rings. The number of alkyl halides is 6. The van der Waals surface area contributed by atoms with Gasteiger partial charge >= 0.3 is 37.7 Å². The summed E-state index contributed by atoms with van der Waals surface area (Å²) in [6, 6.07) is 14.9. The highest BCUT2D eigenvalue weighted by Gasteiger charge is 2.35. The van der Waals surface area contributed by atoms with Crippen molar-refractivity contribution in [2.75, 3.05) is 35.8 Å². The van der Waals surface area contributed by atoms with E-state index in [-0.39, 0.29) is 120 Å². The van der Waals surface area contributed by atoms with Gasteiger partial charge in [0, 0.05) is 88.2 Å². The van der Waals surface area contributed by atoms with Gasteiger partial charge in [0.2, 0.25) is 0 Å². The van der Waals surface area contributed by atoms with E-state index in [1.54, 1.807) is 36.8 Å². The Kier molecular flexibility index (Phi) is 19.7. The number of carbonyl (C=O) groups excluding carboxylic acids is 6. The number of anilines is 3. The maximum atomic E-state index is 13.1. The molecule has 3 aliphatic heterocycles. The summed E-state index contributed by atoms with van der Waals surface area (Å²) in [5.74, 6) is -3.78. The van der Waals surface area contributed by atoms with E-state index < -0.39 is 73.6 Å². The zero-order valence-electron chi connectivity index (χ0n) is 51.6. The minimum absolute atomic E-state index is 0.0793. The molecule has 3 N–H and O–H groups in total. The maximum absolute atomic E-state index is 13.1. The Morgan fingerprint density at radius 1 is 0.451 bits per heavy atom. The third-order valence-electron chi connectivity index (χ3n) is 15.4. The molecule has 3 saturated heterocycles. The van der Waals surface area contributed by atoms with Crippen LogP contribution < -0.4 is 30.2 Å². The van der Waals surface area contributed by atoms with Crippen LogP contribution in [-0.4, -0.2) is 148 Å². The van der Waals surface area contributed by atoms with Crippen molar-refractivity contribution in [2.45, 2.75) is 57.2 Å². The number of aromatic nitrogens is 15. The van der Waals surface area contributed by atoms with Gasteiger partial charge in [0.1, 0.15) is 51.0 Å². The molecule has 39 heteroatoms. The van der Waals surface area contributed by atoms with Crippen LogP contribution in [0.5, 0.6) is 17.2 Å². The monoisotopic (exact) mass is 1460 g/mol. The molecule has 3 fully saturated rings. The van der Waals surface area contributed by atoms with E-state index in [1.807, 2.05) is 0 Å². The molecule has 1 unspecified atom stereocenters. The molecule has 15 rings (SSSR count). The average Bonchev–Trinajstić information content (AvgIpc) is 1.64. The predicted molar refractivity (Wildman–Crippen MR) is 345 cm³/mol. The summed E-state index contributed by atoms with van der Waals surface area (Å²) in [5.41, 5.74) is 2.45. The Hall–Kier alpha value is -12.2. The van der Waals surface area contributed by atoms with Crippen molar-refractivity contribution in [1.29, 1.82) is 0 Å². The smallest absolute Gasteiger partial charge is 0.387 e. The maximum Gasteiger partial charge on any atom is 0.387 e. The highest BCUT2D eigenvalue weighted by molar-refractivity contribution is 6.31. The molecular weight excluding hydrogens is 1420 g/mol. The largest absolute Gasteiger partial charge is 0.464 e.